The number of aliphatic hydroxyl groups is 1. The quantitative estimate of drug-likeness (QED) is 0.397. The van der Waals surface area contributed by atoms with Gasteiger partial charge in [-0.05, 0) is 5.56 Å². The molecule has 0 amide bonds. The molecule has 0 aliphatic carbocycles. The van der Waals surface area contributed by atoms with Crippen molar-refractivity contribution in [1.29, 1.82) is 0 Å². The Labute approximate surface area is 99.4 Å². The summed E-state index contributed by atoms with van der Waals surface area (Å²) in [6, 6.07) is 6.50. The van der Waals surface area contributed by atoms with E-state index in [0.717, 1.165) is 5.56 Å². The SMILES string of the molecule is O=[N+]([O-])c1cccc(CNCCOCCO)c1. The molecule has 0 spiro atoms. The van der Waals surface area contributed by atoms with Crippen molar-refractivity contribution < 1.29 is 14.8 Å². The minimum Gasteiger partial charge on any atom is -0.394 e. The first kappa shape index (κ1) is 13.6. The van der Waals surface area contributed by atoms with Crippen molar-refractivity contribution in [2.45, 2.75) is 6.54 Å². The molecule has 6 heteroatoms. The summed E-state index contributed by atoms with van der Waals surface area (Å²) in [6.45, 7) is 2.06. The van der Waals surface area contributed by atoms with E-state index in [0.29, 0.717) is 26.3 Å². The van der Waals surface area contributed by atoms with Crippen LogP contribution in [0.3, 0.4) is 0 Å². The smallest absolute Gasteiger partial charge is 0.269 e. The molecule has 0 fully saturated rings. The van der Waals surface area contributed by atoms with Gasteiger partial charge < -0.3 is 15.2 Å². The van der Waals surface area contributed by atoms with Crippen molar-refractivity contribution in [3.8, 4) is 0 Å². The van der Waals surface area contributed by atoms with E-state index in [1.165, 1.54) is 6.07 Å². The van der Waals surface area contributed by atoms with Gasteiger partial charge in [-0.3, -0.25) is 10.1 Å². The van der Waals surface area contributed by atoms with Gasteiger partial charge in [-0.25, -0.2) is 0 Å². The van der Waals surface area contributed by atoms with Crippen LogP contribution in [0, 0.1) is 10.1 Å². The number of nitrogens with one attached hydrogen (secondary N) is 1. The molecule has 0 bridgehead atoms. The number of nitrogens with zero attached hydrogens (tertiary/aromatic N) is 1. The summed E-state index contributed by atoms with van der Waals surface area (Å²) >= 11 is 0. The molecule has 17 heavy (non-hydrogen) atoms. The molecule has 0 radical (unpaired) electrons. The first-order valence-corrected chi connectivity index (χ1v) is 5.36. The zero-order valence-corrected chi connectivity index (χ0v) is 9.46. The molecule has 0 atom stereocenters. The molecule has 0 aliphatic heterocycles. The van der Waals surface area contributed by atoms with Crippen molar-refractivity contribution >= 4 is 5.69 Å². The zero-order valence-electron chi connectivity index (χ0n) is 9.46. The lowest BCUT2D eigenvalue weighted by atomic mass is 10.2. The number of non-ortho nitro benzene ring substituents is 1. The number of nitro benzene ring substituents is 1. The predicted molar refractivity (Wildman–Crippen MR) is 62.7 cm³/mol. The van der Waals surface area contributed by atoms with E-state index in [-0.39, 0.29) is 12.3 Å². The number of aliphatic hydroxyl groups excluding tert-OH is 1. The van der Waals surface area contributed by atoms with Crippen LogP contribution in [0.15, 0.2) is 24.3 Å². The number of rotatable bonds is 8. The molecule has 0 unspecified atom stereocenters. The number of benzene rings is 1. The van der Waals surface area contributed by atoms with Gasteiger partial charge in [0.25, 0.3) is 5.69 Å². The molecule has 2 N–H and O–H groups in total. The summed E-state index contributed by atoms with van der Waals surface area (Å²) in [5, 5.41) is 22.1. The highest BCUT2D eigenvalue weighted by molar-refractivity contribution is 5.34. The molecule has 0 saturated heterocycles. The monoisotopic (exact) mass is 240 g/mol. The average molecular weight is 240 g/mol. The minimum atomic E-state index is -0.409. The average Bonchev–Trinajstić information content (AvgIpc) is 2.34. The summed E-state index contributed by atoms with van der Waals surface area (Å²) in [5.74, 6) is 0. The fourth-order valence-electron chi connectivity index (χ4n) is 1.32. The zero-order chi connectivity index (χ0) is 12.5. The Morgan fingerprint density at radius 2 is 2.24 bits per heavy atom. The first-order chi connectivity index (χ1) is 8.24. The maximum Gasteiger partial charge on any atom is 0.269 e. The van der Waals surface area contributed by atoms with Gasteiger partial charge in [-0.2, -0.15) is 0 Å². The minimum absolute atomic E-state index is 0.0187. The van der Waals surface area contributed by atoms with Crippen molar-refractivity contribution in [2.24, 2.45) is 0 Å². The normalized spacial score (nSPS) is 10.4. The second-order valence-electron chi connectivity index (χ2n) is 3.44. The third kappa shape index (κ3) is 5.39. The van der Waals surface area contributed by atoms with Crippen LogP contribution in [0.25, 0.3) is 0 Å². The van der Waals surface area contributed by atoms with Gasteiger partial charge in [0.15, 0.2) is 0 Å². The molecular weight excluding hydrogens is 224 g/mol. The van der Waals surface area contributed by atoms with Crippen LogP contribution in [0.1, 0.15) is 5.56 Å². The Balaban J connectivity index is 2.27. The Bertz CT molecular complexity index is 357. The van der Waals surface area contributed by atoms with Crippen LogP contribution in [0.5, 0.6) is 0 Å². The molecule has 0 aliphatic rings. The van der Waals surface area contributed by atoms with E-state index in [2.05, 4.69) is 5.32 Å². The molecule has 0 aromatic heterocycles. The van der Waals surface area contributed by atoms with E-state index in [9.17, 15) is 10.1 Å². The van der Waals surface area contributed by atoms with Gasteiger partial charge in [-0.1, -0.05) is 12.1 Å². The van der Waals surface area contributed by atoms with Gasteiger partial charge in [0, 0.05) is 25.2 Å². The molecule has 0 saturated carbocycles. The lowest BCUT2D eigenvalue weighted by Crippen LogP contribution is -2.20. The third-order valence-corrected chi connectivity index (χ3v) is 2.11. The number of ether oxygens (including phenoxy) is 1. The Morgan fingerprint density at radius 3 is 2.94 bits per heavy atom. The predicted octanol–water partition coefficient (Wildman–Crippen LogP) is 0.693. The molecule has 6 nitrogen and oxygen atoms in total. The van der Waals surface area contributed by atoms with Gasteiger partial charge in [0.1, 0.15) is 0 Å². The van der Waals surface area contributed by atoms with E-state index < -0.39 is 4.92 Å². The largest absolute Gasteiger partial charge is 0.394 e. The van der Waals surface area contributed by atoms with Crippen LogP contribution < -0.4 is 5.32 Å². The van der Waals surface area contributed by atoms with E-state index in [1.807, 2.05) is 6.07 Å². The summed E-state index contributed by atoms with van der Waals surface area (Å²) in [7, 11) is 0. The lowest BCUT2D eigenvalue weighted by molar-refractivity contribution is -0.384. The van der Waals surface area contributed by atoms with Crippen LogP contribution in [0.4, 0.5) is 5.69 Å². The number of nitro groups is 1. The maximum atomic E-state index is 10.5. The van der Waals surface area contributed by atoms with Crippen molar-refractivity contribution in [1.82, 2.24) is 5.32 Å². The molecule has 1 aromatic carbocycles. The van der Waals surface area contributed by atoms with Crippen LogP contribution in [-0.2, 0) is 11.3 Å². The van der Waals surface area contributed by atoms with Crippen molar-refractivity contribution in [3.63, 3.8) is 0 Å². The van der Waals surface area contributed by atoms with Crippen molar-refractivity contribution in [2.75, 3.05) is 26.4 Å². The van der Waals surface area contributed by atoms with E-state index in [4.69, 9.17) is 9.84 Å². The third-order valence-electron chi connectivity index (χ3n) is 2.11. The van der Waals surface area contributed by atoms with Crippen molar-refractivity contribution in [3.05, 3.63) is 39.9 Å². The molecule has 94 valence electrons. The molecular formula is C11H16N2O4. The van der Waals surface area contributed by atoms with E-state index in [1.54, 1.807) is 12.1 Å². The fourth-order valence-corrected chi connectivity index (χ4v) is 1.32. The molecule has 0 heterocycles. The number of hydrogen-bond acceptors (Lipinski definition) is 5. The van der Waals surface area contributed by atoms with Crippen LogP contribution >= 0.6 is 0 Å². The lowest BCUT2D eigenvalue weighted by Gasteiger charge is -2.05. The topological polar surface area (TPSA) is 84.6 Å². The summed E-state index contributed by atoms with van der Waals surface area (Å²) < 4.78 is 5.06. The van der Waals surface area contributed by atoms with Crippen LogP contribution in [-0.4, -0.2) is 36.4 Å². The fraction of sp³-hybridized carbons (Fsp3) is 0.455. The standard InChI is InChI=1S/C11H16N2O4/c14-5-7-17-6-4-12-9-10-2-1-3-11(8-10)13(15)16/h1-3,8,12,14H,4-7,9H2. The highest BCUT2D eigenvalue weighted by atomic mass is 16.6. The number of hydrogen-bond donors (Lipinski definition) is 2. The Hall–Kier alpha value is -1.50. The second kappa shape index (κ2) is 7.72. The summed E-state index contributed by atoms with van der Waals surface area (Å²) in [6.07, 6.45) is 0. The highest BCUT2D eigenvalue weighted by Gasteiger charge is 2.04. The van der Waals surface area contributed by atoms with Crippen LogP contribution in [0.2, 0.25) is 0 Å². The Kier molecular flexibility index (Phi) is 6.16. The van der Waals surface area contributed by atoms with E-state index >= 15 is 0 Å². The second-order valence-corrected chi connectivity index (χ2v) is 3.44. The van der Waals surface area contributed by atoms with Gasteiger partial charge in [0.2, 0.25) is 0 Å². The summed E-state index contributed by atoms with van der Waals surface area (Å²) in [4.78, 5) is 10.1. The van der Waals surface area contributed by atoms with Gasteiger partial charge in [0.05, 0.1) is 24.7 Å². The first-order valence-electron chi connectivity index (χ1n) is 5.36. The summed E-state index contributed by atoms with van der Waals surface area (Å²) in [5.41, 5.74) is 0.960. The maximum absolute atomic E-state index is 10.5. The molecule has 1 aromatic rings. The van der Waals surface area contributed by atoms with Gasteiger partial charge >= 0.3 is 0 Å². The van der Waals surface area contributed by atoms with Gasteiger partial charge in [-0.15, -0.1) is 0 Å². The molecule has 1 rings (SSSR count). The highest BCUT2D eigenvalue weighted by Crippen LogP contribution is 2.12. The Morgan fingerprint density at radius 1 is 1.41 bits per heavy atom.